The van der Waals surface area contributed by atoms with Crippen LogP contribution in [-0.4, -0.2) is 40.0 Å². The van der Waals surface area contributed by atoms with Gasteiger partial charge in [0.15, 0.2) is 5.69 Å². The second kappa shape index (κ2) is 7.67. The van der Waals surface area contributed by atoms with Crippen molar-refractivity contribution in [3.05, 3.63) is 52.6 Å². The molecule has 144 valence electrons. The third-order valence-corrected chi connectivity index (χ3v) is 4.35. The van der Waals surface area contributed by atoms with Gasteiger partial charge in [0.25, 0.3) is 5.91 Å². The molecule has 0 saturated carbocycles. The Bertz CT molecular complexity index is 827. The number of likely N-dealkylation sites (tertiary alicyclic amines) is 1. The third-order valence-electron chi connectivity index (χ3n) is 4.04. The van der Waals surface area contributed by atoms with Crippen molar-refractivity contribution in [3.8, 4) is 6.01 Å². The lowest BCUT2D eigenvalue weighted by atomic mass is 10.1. The quantitative estimate of drug-likeness (QED) is 0.728. The summed E-state index contributed by atoms with van der Waals surface area (Å²) in [6.45, 7) is 0.413. The Morgan fingerprint density at radius 2 is 2.07 bits per heavy atom. The van der Waals surface area contributed by atoms with Crippen molar-refractivity contribution in [3.63, 3.8) is 0 Å². The summed E-state index contributed by atoms with van der Waals surface area (Å²) in [5.74, 6) is -1.34. The highest BCUT2D eigenvalue weighted by atomic mass is 35.5. The molecule has 0 spiro atoms. The van der Waals surface area contributed by atoms with Gasteiger partial charge < -0.3 is 9.64 Å². The fourth-order valence-electron chi connectivity index (χ4n) is 2.78. The van der Waals surface area contributed by atoms with Crippen molar-refractivity contribution in [2.75, 3.05) is 13.1 Å². The molecule has 27 heavy (non-hydrogen) atoms. The monoisotopic (exact) mass is 403 g/mol. The summed E-state index contributed by atoms with van der Waals surface area (Å²) in [4.78, 5) is 21.0. The Labute approximate surface area is 156 Å². The lowest BCUT2D eigenvalue weighted by molar-refractivity contribution is -0.141. The molecule has 0 bridgehead atoms. The van der Waals surface area contributed by atoms with Gasteiger partial charge in [0.2, 0.25) is 0 Å². The molecule has 3 rings (SSSR count). The number of hydrogen-bond donors (Lipinski definition) is 0. The van der Waals surface area contributed by atoms with Crippen molar-refractivity contribution in [2.24, 2.45) is 0 Å². The van der Waals surface area contributed by atoms with Crippen LogP contribution in [0.1, 0.15) is 28.9 Å². The number of nitrogens with zero attached hydrogens (tertiary/aromatic N) is 3. The smallest absolute Gasteiger partial charge is 0.433 e. The van der Waals surface area contributed by atoms with Gasteiger partial charge >= 0.3 is 12.2 Å². The minimum atomic E-state index is -4.61. The summed E-state index contributed by atoms with van der Waals surface area (Å²) in [5, 5.41) is -0.00995. The predicted octanol–water partition coefficient (Wildman–Crippen LogP) is 3.97. The summed E-state index contributed by atoms with van der Waals surface area (Å²) in [5.41, 5.74) is -1.36. The highest BCUT2D eigenvalue weighted by molar-refractivity contribution is 6.33. The normalized spacial score (nSPS) is 17.7. The zero-order chi connectivity index (χ0) is 19.6. The van der Waals surface area contributed by atoms with E-state index in [4.69, 9.17) is 16.3 Å². The van der Waals surface area contributed by atoms with E-state index in [-0.39, 0.29) is 17.1 Å². The fraction of sp³-hybridized carbons (Fsp3) is 0.353. The molecule has 0 radical (unpaired) electrons. The molecule has 2 heterocycles. The maximum Gasteiger partial charge on any atom is 0.433 e. The van der Waals surface area contributed by atoms with E-state index >= 15 is 0 Å². The van der Waals surface area contributed by atoms with Gasteiger partial charge in [-0.2, -0.15) is 18.2 Å². The molecule has 1 aromatic heterocycles. The van der Waals surface area contributed by atoms with E-state index in [2.05, 4.69) is 9.97 Å². The molecule has 1 saturated heterocycles. The van der Waals surface area contributed by atoms with Crippen LogP contribution in [0, 0.1) is 5.82 Å². The van der Waals surface area contributed by atoms with Crippen molar-refractivity contribution in [2.45, 2.75) is 25.1 Å². The summed E-state index contributed by atoms with van der Waals surface area (Å²) in [6, 6.07) is 4.25. The van der Waals surface area contributed by atoms with Crippen LogP contribution < -0.4 is 4.74 Å². The summed E-state index contributed by atoms with van der Waals surface area (Å²) in [7, 11) is 0. The van der Waals surface area contributed by atoms with Crippen molar-refractivity contribution in [1.82, 2.24) is 14.9 Å². The van der Waals surface area contributed by atoms with Gasteiger partial charge in [-0.15, -0.1) is 0 Å². The Hall–Kier alpha value is -2.42. The topological polar surface area (TPSA) is 55.3 Å². The third kappa shape index (κ3) is 4.47. The molecule has 0 aliphatic carbocycles. The molecule has 1 fully saturated rings. The first-order valence-electron chi connectivity index (χ1n) is 8.06. The maximum absolute atomic E-state index is 14.0. The van der Waals surface area contributed by atoms with Crippen molar-refractivity contribution < 1.29 is 27.1 Å². The number of carbonyl (C=O) groups is 1. The highest BCUT2D eigenvalue weighted by Crippen LogP contribution is 2.28. The number of aromatic nitrogens is 2. The lowest BCUT2D eigenvalue weighted by Crippen LogP contribution is -2.44. The molecule has 1 atom stereocenters. The number of hydrogen-bond acceptors (Lipinski definition) is 4. The van der Waals surface area contributed by atoms with Gasteiger partial charge in [0.05, 0.1) is 17.1 Å². The van der Waals surface area contributed by atoms with Crippen LogP contribution in [0.3, 0.4) is 0 Å². The van der Waals surface area contributed by atoms with Crippen molar-refractivity contribution >= 4 is 17.5 Å². The number of carbonyl (C=O) groups excluding carboxylic acids is 1. The first-order chi connectivity index (χ1) is 12.8. The van der Waals surface area contributed by atoms with Gasteiger partial charge in [0, 0.05) is 12.7 Å². The minimum absolute atomic E-state index is 0.00995. The van der Waals surface area contributed by atoms with Crippen LogP contribution in [0.15, 0.2) is 30.5 Å². The zero-order valence-electron chi connectivity index (χ0n) is 13.8. The van der Waals surface area contributed by atoms with Gasteiger partial charge in [-0.1, -0.05) is 17.7 Å². The minimum Gasteiger partial charge on any atom is -0.458 e. The van der Waals surface area contributed by atoms with Crippen molar-refractivity contribution in [1.29, 1.82) is 0 Å². The van der Waals surface area contributed by atoms with E-state index in [1.807, 2.05) is 0 Å². The first-order valence-corrected chi connectivity index (χ1v) is 8.43. The van der Waals surface area contributed by atoms with E-state index in [0.717, 1.165) is 18.3 Å². The van der Waals surface area contributed by atoms with Gasteiger partial charge in [-0.25, -0.2) is 9.37 Å². The van der Waals surface area contributed by atoms with E-state index in [0.29, 0.717) is 19.4 Å². The Balaban J connectivity index is 1.72. The largest absolute Gasteiger partial charge is 0.458 e. The lowest BCUT2D eigenvalue weighted by Gasteiger charge is -2.32. The van der Waals surface area contributed by atoms with Gasteiger partial charge in [-0.05, 0) is 31.0 Å². The number of amides is 1. The second-order valence-corrected chi connectivity index (χ2v) is 6.36. The number of rotatable bonds is 3. The van der Waals surface area contributed by atoms with Crippen LogP contribution in [-0.2, 0) is 6.18 Å². The summed E-state index contributed by atoms with van der Waals surface area (Å²) in [6.07, 6.45) is -3.25. The van der Waals surface area contributed by atoms with E-state index in [1.54, 1.807) is 0 Å². The molecule has 1 aromatic carbocycles. The van der Waals surface area contributed by atoms with Crippen LogP contribution in [0.25, 0.3) is 0 Å². The SMILES string of the molecule is O=C(c1c(F)cccc1Cl)N1CCCC(Oc2nccc(C(F)(F)F)n2)C1. The predicted molar refractivity (Wildman–Crippen MR) is 88.0 cm³/mol. The molecule has 1 amide bonds. The molecule has 1 unspecified atom stereocenters. The average Bonchev–Trinajstić information content (AvgIpc) is 2.61. The van der Waals surface area contributed by atoms with Crippen LogP contribution in [0.5, 0.6) is 6.01 Å². The van der Waals surface area contributed by atoms with Crippen LogP contribution in [0.4, 0.5) is 17.6 Å². The number of halogens is 5. The number of piperidine rings is 1. The number of ether oxygens (including phenoxy) is 1. The molecular weight excluding hydrogens is 390 g/mol. The number of benzene rings is 1. The first kappa shape index (κ1) is 19.3. The summed E-state index contributed by atoms with van der Waals surface area (Å²) < 4.78 is 57.6. The average molecular weight is 404 g/mol. The molecular formula is C17H14ClF4N3O2. The zero-order valence-corrected chi connectivity index (χ0v) is 14.6. The van der Waals surface area contributed by atoms with E-state index in [1.165, 1.54) is 17.0 Å². The fourth-order valence-corrected chi connectivity index (χ4v) is 3.03. The Kier molecular flexibility index (Phi) is 5.50. The standard InChI is InChI=1S/C17H14ClF4N3O2/c18-11-4-1-5-12(19)14(11)15(26)25-8-2-3-10(9-25)27-16-23-7-6-13(24-16)17(20,21)22/h1,4-7,10H,2-3,8-9H2. The highest BCUT2D eigenvalue weighted by Gasteiger charge is 2.34. The second-order valence-electron chi connectivity index (χ2n) is 5.95. The molecule has 0 N–H and O–H groups in total. The molecule has 1 aliphatic rings. The molecule has 10 heteroatoms. The Morgan fingerprint density at radius 1 is 1.30 bits per heavy atom. The molecule has 1 aliphatic heterocycles. The molecule has 5 nitrogen and oxygen atoms in total. The Morgan fingerprint density at radius 3 is 2.78 bits per heavy atom. The van der Waals surface area contributed by atoms with Crippen LogP contribution in [0.2, 0.25) is 5.02 Å². The van der Waals surface area contributed by atoms with E-state index in [9.17, 15) is 22.4 Å². The maximum atomic E-state index is 14.0. The van der Waals surface area contributed by atoms with Crippen LogP contribution >= 0.6 is 11.6 Å². The number of alkyl halides is 3. The van der Waals surface area contributed by atoms with Gasteiger partial charge in [-0.3, -0.25) is 4.79 Å². The summed E-state index contributed by atoms with van der Waals surface area (Å²) >= 11 is 5.92. The molecule has 2 aromatic rings. The van der Waals surface area contributed by atoms with E-state index < -0.39 is 35.7 Å². The van der Waals surface area contributed by atoms with Gasteiger partial charge in [0.1, 0.15) is 11.9 Å².